The highest BCUT2D eigenvalue weighted by Crippen LogP contribution is 2.10. The van der Waals surface area contributed by atoms with Crippen LogP contribution in [0.2, 0.25) is 0 Å². The van der Waals surface area contributed by atoms with E-state index in [2.05, 4.69) is 19.1 Å². The van der Waals surface area contributed by atoms with Gasteiger partial charge in [0, 0.05) is 0 Å². The number of hydrogen-bond acceptors (Lipinski definition) is 1. The summed E-state index contributed by atoms with van der Waals surface area (Å²) >= 11 is 0. The lowest BCUT2D eigenvalue weighted by molar-refractivity contribution is 0.414. The summed E-state index contributed by atoms with van der Waals surface area (Å²) in [5.74, 6) is 0.928. The molecule has 0 atom stereocenters. The van der Waals surface area contributed by atoms with Gasteiger partial charge in [-0.2, -0.15) is 0 Å². The van der Waals surface area contributed by atoms with E-state index in [1.807, 2.05) is 12.1 Å². The molecule has 0 aliphatic carbocycles. The van der Waals surface area contributed by atoms with Crippen molar-refractivity contribution >= 4 is 0 Å². The molecule has 0 fully saturated rings. The molecular formula is C10H16O. The molecule has 1 aromatic rings. The smallest absolute Gasteiger partial charge is 0.118 e. The van der Waals surface area contributed by atoms with Gasteiger partial charge in [0.15, 0.2) is 0 Å². The predicted octanol–water partition coefficient (Wildman–Crippen LogP) is 2.89. The Hall–Kier alpha value is -0.980. The molecule has 0 saturated heterocycles. The average Bonchev–Trinajstić information content (AvgIpc) is 2.05. The predicted molar refractivity (Wildman–Crippen MR) is 49.1 cm³/mol. The second-order valence-corrected chi connectivity index (χ2v) is 2.20. The summed E-state index contributed by atoms with van der Waals surface area (Å²) in [4.78, 5) is 0. The first-order valence-electron chi connectivity index (χ1n) is 3.49. The SMILES string of the molecule is C.CCc1ccc(OC)cc1. The maximum absolute atomic E-state index is 5.01. The number of ether oxygens (including phenoxy) is 1. The Morgan fingerprint density at radius 3 is 2.09 bits per heavy atom. The Labute approximate surface area is 69.0 Å². The van der Waals surface area contributed by atoms with Crippen LogP contribution in [0.25, 0.3) is 0 Å². The summed E-state index contributed by atoms with van der Waals surface area (Å²) in [6.07, 6.45) is 1.09. The van der Waals surface area contributed by atoms with Crippen molar-refractivity contribution in [3.63, 3.8) is 0 Å². The first-order valence-corrected chi connectivity index (χ1v) is 3.49. The molecule has 0 heterocycles. The molecule has 0 N–H and O–H groups in total. The Morgan fingerprint density at radius 1 is 1.18 bits per heavy atom. The third-order valence-corrected chi connectivity index (χ3v) is 1.57. The maximum atomic E-state index is 5.01. The minimum Gasteiger partial charge on any atom is -0.497 e. The van der Waals surface area contributed by atoms with Gasteiger partial charge in [-0.05, 0) is 24.1 Å². The minimum atomic E-state index is 0. The zero-order chi connectivity index (χ0) is 7.40. The van der Waals surface area contributed by atoms with Gasteiger partial charge in [0.2, 0.25) is 0 Å². The van der Waals surface area contributed by atoms with E-state index < -0.39 is 0 Å². The fraction of sp³-hybridized carbons (Fsp3) is 0.400. The topological polar surface area (TPSA) is 9.23 Å². The highest BCUT2D eigenvalue weighted by atomic mass is 16.5. The molecule has 0 bridgehead atoms. The summed E-state index contributed by atoms with van der Waals surface area (Å²) in [6, 6.07) is 8.13. The van der Waals surface area contributed by atoms with Crippen LogP contribution in [-0.4, -0.2) is 7.11 Å². The Kier molecular flexibility index (Phi) is 4.35. The summed E-state index contributed by atoms with van der Waals surface area (Å²) in [6.45, 7) is 2.14. The van der Waals surface area contributed by atoms with Crippen molar-refractivity contribution in [3.05, 3.63) is 29.8 Å². The normalized spacial score (nSPS) is 8.55. The minimum absolute atomic E-state index is 0. The lowest BCUT2D eigenvalue weighted by Gasteiger charge is -1.99. The molecule has 62 valence electrons. The monoisotopic (exact) mass is 152 g/mol. The van der Waals surface area contributed by atoms with Crippen molar-refractivity contribution in [3.8, 4) is 5.75 Å². The second kappa shape index (κ2) is 4.78. The van der Waals surface area contributed by atoms with Crippen molar-refractivity contribution < 1.29 is 4.74 Å². The zero-order valence-electron chi connectivity index (χ0n) is 6.42. The van der Waals surface area contributed by atoms with E-state index in [0.29, 0.717) is 0 Å². The molecular weight excluding hydrogens is 136 g/mol. The van der Waals surface area contributed by atoms with Gasteiger partial charge in [0.05, 0.1) is 7.11 Å². The standard InChI is InChI=1S/C9H12O.CH4/c1-3-8-4-6-9(10-2)7-5-8;/h4-7H,3H2,1-2H3;1H4. The van der Waals surface area contributed by atoms with Crippen molar-refractivity contribution in [2.45, 2.75) is 20.8 Å². The Balaban J connectivity index is 0.000001000. The van der Waals surface area contributed by atoms with Gasteiger partial charge >= 0.3 is 0 Å². The Bertz CT molecular complexity index is 166. The lowest BCUT2D eigenvalue weighted by atomic mass is 10.2. The first kappa shape index (κ1) is 10.0. The van der Waals surface area contributed by atoms with Crippen LogP contribution in [0.5, 0.6) is 5.75 Å². The lowest BCUT2D eigenvalue weighted by Crippen LogP contribution is -1.83. The quantitative estimate of drug-likeness (QED) is 0.633. The van der Waals surface area contributed by atoms with Crippen molar-refractivity contribution in [1.29, 1.82) is 0 Å². The molecule has 1 rings (SSSR count). The molecule has 0 radical (unpaired) electrons. The van der Waals surface area contributed by atoms with Crippen LogP contribution < -0.4 is 4.74 Å². The number of hydrogen-bond donors (Lipinski definition) is 0. The first-order chi connectivity index (χ1) is 4.86. The van der Waals surface area contributed by atoms with Gasteiger partial charge in [0.25, 0.3) is 0 Å². The number of benzene rings is 1. The molecule has 0 aromatic heterocycles. The third kappa shape index (κ3) is 2.62. The fourth-order valence-electron chi connectivity index (χ4n) is 0.861. The summed E-state index contributed by atoms with van der Waals surface area (Å²) in [5.41, 5.74) is 1.35. The highest BCUT2D eigenvalue weighted by Gasteiger charge is 1.89. The van der Waals surface area contributed by atoms with Crippen LogP contribution in [0.15, 0.2) is 24.3 Å². The van der Waals surface area contributed by atoms with E-state index >= 15 is 0 Å². The molecule has 0 unspecified atom stereocenters. The molecule has 1 nitrogen and oxygen atoms in total. The van der Waals surface area contributed by atoms with E-state index in [0.717, 1.165) is 12.2 Å². The van der Waals surface area contributed by atoms with Crippen LogP contribution in [0.3, 0.4) is 0 Å². The van der Waals surface area contributed by atoms with Gasteiger partial charge in [-0.1, -0.05) is 26.5 Å². The fourth-order valence-corrected chi connectivity index (χ4v) is 0.861. The van der Waals surface area contributed by atoms with Gasteiger partial charge < -0.3 is 4.74 Å². The van der Waals surface area contributed by atoms with Gasteiger partial charge in [0.1, 0.15) is 5.75 Å². The number of aryl methyl sites for hydroxylation is 1. The molecule has 0 aliphatic rings. The van der Waals surface area contributed by atoms with Crippen LogP contribution in [-0.2, 0) is 6.42 Å². The third-order valence-electron chi connectivity index (χ3n) is 1.57. The molecule has 1 heteroatoms. The van der Waals surface area contributed by atoms with Crippen molar-refractivity contribution in [1.82, 2.24) is 0 Å². The molecule has 11 heavy (non-hydrogen) atoms. The van der Waals surface area contributed by atoms with Crippen LogP contribution in [0, 0.1) is 0 Å². The summed E-state index contributed by atoms with van der Waals surface area (Å²) in [7, 11) is 1.68. The van der Waals surface area contributed by atoms with E-state index in [1.54, 1.807) is 7.11 Å². The summed E-state index contributed by atoms with van der Waals surface area (Å²) in [5, 5.41) is 0. The molecule has 1 aromatic carbocycles. The molecule has 0 amide bonds. The molecule has 0 saturated carbocycles. The van der Waals surface area contributed by atoms with E-state index in [-0.39, 0.29) is 7.43 Å². The van der Waals surface area contributed by atoms with Gasteiger partial charge in [-0.3, -0.25) is 0 Å². The molecule has 0 spiro atoms. The van der Waals surface area contributed by atoms with E-state index in [1.165, 1.54) is 5.56 Å². The average molecular weight is 152 g/mol. The van der Waals surface area contributed by atoms with Gasteiger partial charge in [-0.25, -0.2) is 0 Å². The largest absolute Gasteiger partial charge is 0.497 e. The number of rotatable bonds is 2. The zero-order valence-corrected chi connectivity index (χ0v) is 6.42. The van der Waals surface area contributed by atoms with Crippen LogP contribution in [0.1, 0.15) is 19.9 Å². The second-order valence-electron chi connectivity index (χ2n) is 2.20. The van der Waals surface area contributed by atoms with Crippen molar-refractivity contribution in [2.24, 2.45) is 0 Å². The number of methoxy groups -OCH3 is 1. The van der Waals surface area contributed by atoms with Crippen molar-refractivity contribution in [2.75, 3.05) is 7.11 Å². The van der Waals surface area contributed by atoms with Crippen LogP contribution in [0.4, 0.5) is 0 Å². The van der Waals surface area contributed by atoms with E-state index in [9.17, 15) is 0 Å². The maximum Gasteiger partial charge on any atom is 0.118 e. The Morgan fingerprint density at radius 2 is 1.73 bits per heavy atom. The summed E-state index contributed by atoms with van der Waals surface area (Å²) < 4.78 is 5.01. The van der Waals surface area contributed by atoms with Crippen LogP contribution >= 0.6 is 0 Å². The van der Waals surface area contributed by atoms with Gasteiger partial charge in [-0.15, -0.1) is 0 Å². The van der Waals surface area contributed by atoms with E-state index in [4.69, 9.17) is 4.74 Å². The highest BCUT2D eigenvalue weighted by molar-refractivity contribution is 5.26. The molecule has 0 aliphatic heterocycles.